The van der Waals surface area contributed by atoms with Gasteiger partial charge < -0.3 is 5.32 Å². The fraction of sp³-hybridized carbons (Fsp3) is 0.750. The highest BCUT2D eigenvalue weighted by Crippen LogP contribution is 2.48. The van der Waals surface area contributed by atoms with Crippen molar-refractivity contribution in [2.75, 3.05) is 5.32 Å². The lowest BCUT2D eigenvalue weighted by Crippen LogP contribution is -2.27. The molecule has 3 atom stereocenters. The van der Waals surface area contributed by atoms with Crippen molar-refractivity contribution >= 4 is 22.4 Å². The summed E-state index contributed by atoms with van der Waals surface area (Å²) in [4.78, 5) is 12.1. The second-order valence-electron chi connectivity index (χ2n) is 5.13. The molecule has 4 nitrogen and oxygen atoms in total. The van der Waals surface area contributed by atoms with E-state index in [1.165, 1.54) is 30.6 Å². The van der Waals surface area contributed by atoms with Gasteiger partial charge in [-0.3, -0.25) is 4.79 Å². The van der Waals surface area contributed by atoms with Crippen molar-refractivity contribution in [3.8, 4) is 0 Å². The smallest absolute Gasteiger partial charge is 0.229 e. The number of rotatable bonds is 3. The molecule has 0 saturated heterocycles. The van der Waals surface area contributed by atoms with Crippen molar-refractivity contribution in [1.82, 2.24) is 10.2 Å². The number of amides is 1. The predicted molar refractivity (Wildman–Crippen MR) is 66.9 cm³/mol. The maximum absolute atomic E-state index is 12.1. The van der Waals surface area contributed by atoms with Gasteiger partial charge in [-0.25, -0.2) is 0 Å². The summed E-state index contributed by atoms with van der Waals surface area (Å²) in [6.07, 6.45) is 5.78. The molecule has 1 aromatic heterocycles. The van der Waals surface area contributed by atoms with Gasteiger partial charge in [0.15, 0.2) is 0 Å². The Hall–Kier alpha value is -0.970. The lowest BCUT2D eigenvalue weighted by atomic mass is 9.88. The topological polar surface area (TPSA) is 54.9 Å². The molecule has 0 unspecified atom stereocenters. The van der Waals surface area contributed by atoms with Crippen molar-refractivity contribution in [1.29, 1.82) is 0 Å². The van der Waals surface area contributed by atoms with Gasteiger partial charge in [0.05, 0.1) is 0 Å². The summed E-state index contributed by atoms with van der Waals surface area (Å²) in [6, 6.07) is 0. The molecule has 0 spiro atoms. The van der Waals surface area contributed by atoms with Crippen molar-refractivity contribution in [3.05, 3.63) is 5.01 Å². The molecule has 17 heavy (non-hydrogen) atoms. The van der Waals surface area contributed by atoms with Gasteiger partial charge in [0.25, 0.3) is 0 Å². The fourth-order valence-electron chi connectivity index (χ4n) is 3.21. The van der Waals surface area contributed by atoms with Crippen LogP contribution in [0.3, 0.4) is 0 Å². The van der Waals surface area contributed by atoms with Crippen molar-refractivity contribution < 1.29 is 4.79 Å². The molecule has 3 rings (SSSR count). The Morgan fingerprint density at radius 3 is 2.88 bits per heavy atom. The molecule has 1 aromatic rings. The van der Waals surface area contributed by atoms with Gasteiger partial charge in [0.1, 0.15) is 5.01 Å². The van der Waals surface area contributed by atoms with E-state index in [1.807, 2.05) is 6.92 Å². The zero-order chi connectivity index (χ0) is 11.8. The van der Waals surface area contributed by atoms with Gasteiger partial charge in [-0.1, -0.05) is 24.7 Å². The van der Waals surface area contributed by atoms with E-state index in [0.29, 0.717) is 11.0 Å². The summed E-state index contributed by atoms with van der Waals surface area (Å²) in [5.74, 6) is 1.81. The Morgan fingerprint density at radius 2 is 2.29 bits per heavy atom. The normalized spacial score (nSPS) is 30.8. The number of carbonyl (C=O) groups excluding carboxylic acids is 1. The first-order valence-corrected chi connectivity index (χ1v) is 7.21. The van der Waals surface area contributed by atoms with Crippen molar-refractivity contribution in [2.45, 2.75) is 39.0 Å². The van der Waals surface area contributed by atoms with E-state index >= 15 is 0 Å². The van der Waals surface area contributed by atoms with Crippen LogP contribution < -0.4 is 5.32 Å². The first-order chi connectivity index (χ1) is 8.26. The minimum Gasteiger partial charge on any atom is -0.300 e. The van der Waals surface area contributed by atoms with Crippen LogP contribution in [0.15, 0.2) is 0 Å². The van der Waals surface area contributed by atoms with Gasteiger partial charge in [-0.2, -0.15) is 0 Å². The summed E-state index contributed by atoms with van der Waals surface area (Å²) in [6.45, 7) is 2.04. The minimum absolute atomic E-state index is 0.163. The lowest BCUT2D eigenvalue weighted by Gasteiger charge is -2.19. The van der Waals surface area contributed by atoms with E-state index in [2.05, 4.69) is 15.5 Å². The largest absolute Gasteiger partial charge is 0.300 e. The van der Waals surface area contributed by atoms with Gasteiger partial charge in [-0.15, -0.1) is 10.2 Å². The van der Waals surface area contributed by atoms with Crippen LogP contribution in [0.5, 0.6) is 0 Å². The van der Waals surface area contributed by atoms with Gasteiger partial charge in [0.2, 0.25) is 11.0 Å². The third-order valence-electron chi connectivity index (χ3n) is 4.07. The van der Waals surface area contributed by atoms with Crippen LogP contribution in [0.4, 0.5) is 5.13 Å². The second kappa shape index (κ2) is 4.37. The fourth-order valence-corrected chi connectivity index (χ4v) is 3.89. The average molecular weight is 251 g/mol. The highest BCUT2D eigenvalue weighted by Gasteiger charge is 2.43. The third kappa shape index (κ3) is 2.08. The summed E-state index contributed by atoms with van der Waals surface area (Å²) < 4.78 is 0. The molecule has 0 aromatic carbocycles. The molecular weight excluding hydrogens is 234 g/mol. The summed E-state index contributed by atoms with van der Waals surface area (Å²) in [5, 5.41) is 12.6. The number of hydrogen-bond donors (Lipinski definition) is 1. The Balaban J connectivity index is 1.63. The standard InChI is InChI=1S/C12H17N3OS/c1-2-10-14-15-12(17-10)13-11(16)9-6-7-3-4-8(9)5-7/h7-9H,2-6H2,1H3,(H,13,15,16)/t7-,8-,9-/m1/s1. The molecule has 92 valence electrons. The first-order valence-electron chi connectivity index (χ1n) is 6.39. The molecule has 2 saturated carbocycles. The van der Waals surface area contributed by atoms with Crippen LogP contribution in [0.2, 0.25) is 0 Å². The molecule has 0 radical (unpaired) electrons. The lowest BCUT2D eigenvalue weighted by molar-refractivity contribution is -0.121. The van der Waals surface area contributed by atoms with Gasteiger partial charge in [-0.05, 0) is 37.5 Å². The third-order valence-corrected chi connectivity index (χ3v) is 5.06. The SMILES string of the molecule is CCc1nnc(NC(=O)[C@@H]2C[C@@H]3CC[C@@H]2C3)s1. The Labute approximate surface area is 105 Å². The maximum Gasteiger partial charge on any atom is 0.229 e. The van der Waals surface area contributed by atoms with Gasteiger partial charge in [0, 0.05) is 5.92 Å². The molecule has 1 heterocycles. The number of fused-ring (bicyclic) bond motifs is 2. The van der Waals surface area contributed by atoms with Crippen molar-refractivity contribution in [3.63, 3.8) is 0 Å². The molecule has 2 bridgehead atoms. The molecule has 0 aliphatic heterocycles. The van der Waals surface area contributed by atoms with Crippen molar-refractivity contribution in [2.24, 2.45) is 17.8 Å². The molecule has 5 heteroatoms. The molecular formula is C12H17N3OS. The average Bonchev–Trinajstić information content (AvgIpc) is 3.04. The molecule has 2 fully saturated rings. The summed E-state index contributed by atoms with van der Waals surface area (Å²) >= 11 is 1.49. The maximum atomic E-state index is 12.1. The van der Waals surface area contributed by atoms with E-state index < -0.39 is 0 Å². The predicted octanol–water partition coefficient (Wildman–Crippen LogP) is 2.48. The van der Waals surface area contributed by atoms with E-state index in [-0.39, 0.29) is 11.8 Å². The zero-order valence-corrected chi connectivity index (χ0v) is 10.8. The number of anilines is 1. The number of nitrogens with zero attached hydrogens (tertiary/aromatic N) is 2. The number of aromatic nitrogens is 2. The summed E-state index contributed by atoms with van der Waals surface area (Å²) in [7, 11) is 0. The van der Waals surface area contributed by atoms with E-state index in [1.54, 1.807) is 0 Å². The molecule has 1 amide bonds. The molecule has 2 aliphatic carbocycles. The van der Waals surface area contributed by atoms with Crippen LogP contribution in [0, 0.1) is 17.8 Å². The number of hydrogen-bond acceptors (Lipinski definition) is 4. The molecule has 2 aliphatic rings. The Kier molecular flexibility index (Phi) is 2.86. The highest BCUT2D eigenvalue weighted by atomic mass is 32.1. The Bertz CT molecular complexity index is 431. The number of aryl methyl sites for hydroxylation is 1. The van der Waals surface area contributed by atoms with Crippen LogP contribution in [-0.2, 0) is 11.2 Å². The van der Waals surface area contributed by atoms with Gasteiger partial charge >= 0.3 is 0 Å². The van der Waals surface area contributed by atoms with Crippen LogP contribution >= 0.6 is 11.3 Å². The second-order valence-corrected chi connectivity index (χ2v) is 6.19. The number of nitrogens with one attached hydrogen (secondary N) is 1. The van der Waals surface area contributed by atoms with E-state index in [0.717, 1.165) is 23.8 Å². The Morgan fingerprint density at radius 1 is 1.41 bits per heavy atom. The highest BCUT2D eigenvalue weighted by molar-refractivity contribution is 7.15. The van der Waals surface area contributed by atoms with Crippen LogP contribution in [0.1, 0.15) is 37.6 Å². The van der Waals surface area contributed by atoms with Crippen LogP contribution in [0.25, 0.3) is 0 Å². The monoisotopic (exact) mass is 251 g/mol. The van der Waals surface area contributed by atoms with Crippen LogP contribution in [-0.4, -0.2) is 16.1 Å². The van der Waals surface area contributed by atoms with E-state index in [9.17, 15) is 4.79 Å². The van der Waals surface area contributed by atoms with E-state index in [4.69, 9.17) is 0 Å². The zero-order valence-electron chi connectivity index (χ0n) is 9.98. The summed E-state index contributed by atoms with van der Waals surface area (Å²) in [5.41, 5.74) is 0. The first kappa shape index (κ1) is 11.1. The number of carbonyl (C=O) groups is 1. The minimum atomic E-state index is 0.163. The quantitative estimate of drug-likeness (QED) is 0.898. The molecule has 1 N–H and O–H groups in total.